The van der Waals surface area contributed by atoms with E-state index in [0.29, 0.717) is 22.9 Å². The van der Waals surface area contributed by atoms with Crippen LogP contribution in [0, 0.1) is 0 Å². The molecular formula is C19H14N2O6. The summed E-state index contributed by atoms with van der Waals surface area (Å²) in [6, 6.07) is 14.1. The number of ether oxygens (including phenoxy) is 2. The third-order valence-corrected chi connectivity index (χ3v) is 3.76. The molecule has 0 fully saturated rings. The predicted molar refractivity (Wildman–Crippen MR) is 92.1 cm³/mol. The lowest BCUT2D eigenvalue weighted by molar-refractivity contribution is -0.141. The molecule has 1 aliphatic rings. The molecule has 0 spiro atoms. The van der Waals surface area contributed by atoms with Crippen molar-refractivity contribution in [2.24, 2.45) is 0 Å². The lowest BCUT2D eigenvalue weighted by Gasteiger charge is -2.08. The molecule has 3 aromatic rings. The van der Waals surface area contributed by atoms with E-state index in [2.05, 4.69) is 10.5 Å². The monoisotopic (exact) mass is 366 g/mol. The minimum atomic E-state index is -0.793. The van der Waals surface area contributed by atoms with E-state index in [0.717, 1.165) is 0 Å². The molecule has 0 aliphatic carbocycles. The Bertz CT molecular complexity index is 988. The summed E-state index contributed by atoms with van der Waals surface area (Å²) in [5.41, 5.74) is 0.917. The second-order valence-corrected chi connectivity index (χ2v) is 5.64. The number of carbonyl (C=O) groups excluding carboxylic acids is 2. The Balaban J connectivity index is 1.44. The van der Waals surface area contributed by atoms with Crippen LogP contribution in [-0.4, -0.2) is 23.5 Å². The van der Waals surface area contributed by atoms with Gasteiger partial charge in [0.1, 0.15) is 12.3 Å². The number of ketones is 1. The van der Waals surface area contributed by atoms with Crippen LogP contribution in [0.15, 0.2) is 75.2 Å². The molecule has 0 saturated heterocycles. The van der Waals surface area contributed by atoms with Gasteiger partial charge in [0.15, 0.2) is 17.9 Å². The van der Waals surface area contributed by atoms with Crippen molar-refractivity contribution in [3.05, 3.63) is 71.9 Å². The second kappa shape index (κ2) is 7.20. The van der Waals surface area contributed by atoms with Crippen molar-refractivity contribution in [2.75, 3.05) is 11.9 Å². The average molecular weight is 366 g/mol. The fraction of sp³-hybridized carbons (Fsp3) is 0.105. The van der Waals surface area contributed by atoms with Crippen LogP contribution in [0.5, 0.6) is 0 Å². The van der Waals surface area contributed by atoms with Gasteiger partial charge in [-0.15, -0.1) is 0 Å². The Morgan fingerprint density at radius 2 is 2.00 bits per heavy atom. The highest BCUT2D eigenvalue weighted by Gasteiger charge is 2.32. The standard InChI is InChI=1S/C19H14N2O6/c22-14-11-25-18(20-12-5-2-1-3-6-12)17(14)19(23)26-10-13-9-16(27-21-13)15-7-4-8-24-15/h1-9,20H,10-11H2. The second-order valence-electron chi connectivity index (χ2n) is 5.64. The maximum Gasteiger partial charge on any atom is 0.347 e. The molecule has 8 heteroatoms. The topological polar surface area (TPSA) is 104 Å². The van der Waals surface area contributed by atoms with Crippen LogP contribution in [0.2, 0.25) is 0 Å². The summed E-state index contributed by atoms with van der Waals surface area (Å²) in [5, 5.41) is 6.73. The molecule has 27 heavy (non-hydrogen) atoms. The van der Waals surface area contributed by atoms with E-state index >= 15 is 0 Å². The maximum absolute atomic E-state index is 12.4. The van der Waals surface area contributed by atoms with Crippen LogP contribution in [0.25, 0.3) is 11.5 Å². The van der Waals surface area contributed by atoms with Gasteiger partial charge in [0, 0.05) is 11.8 Å². The highest BCUT2D eigenvalue weighted by molar-refractivity contribution is 6.19. The molecule has 1 aliphatic heterocycles. The lowest BCUT2D eigenvalue weighted by atomic mass is 10.2. The predicted octanol–water partition coefficient (Wildman–Crippen LogP) is 2.90. The number of carbonyl (C=O) groups is 2. The number of Topliss-reactive ketones (excluding diaryl/α,β-unsaturated/α-hetero) is 1. The summed E-state index contributed by atoms with van der Waals surface area (Å²) < 4.78 is 20.8. The number of nitrogens with zero attached hydrogens (tertiary/aromatic N) is 1. The van der Waals surface area contributed by atoms with Gasteiger partial charge in [0.2, 0.25) is 17.4 Å². The number of furan rings is 1. The molecule has 0 radical (unpaired) electrons. The molecule has 4 rings (SSSR count). The molecule has 0 unspecified atom stereocenters. The number of benzene rings is 1. The van der Waals surface area contributed by atoms with E-state index in [9.17, 15) is 9.59 Å². The molecular weight excluding hydrogens is 352 g/mol. The Kier molecular flexibility index (Phi) is 4.44. The first-order valence-electron chi connectivity index (χ1n) is 8.09. The van der Waals surface area contributed by atoms with Crippen LogP contribution in [0.1, 0.15) is 5.69 Å². The van der Waals surface area contributed by atoms with Crippen molar-refractivity contribution in [2.45, 2.75) is 6.61 Å². The van der Waals surface area contributed by atoms with Crippen molar-refractivity contribution >= 4 is 17.4 Å². The first kappa shape index (κ1) is 16.6. The van der Waals surface area contributed by atoms with Gasteiger partial charge in [-0.1, -0.05) is 23.4 Å². The van der Waals surface area contributed by atoms with Crippen LogP contribution in [0.3, 0.4) is 0 Å². The number of para-hydroxylation sites is 1. The number of nitrogens with one attached hydrogen (secondary N) is 1. The number of hydrogen-bond donors (Lipinski definition) is 1. The van der Waals surface area contributed by atoms with Gasteiger partial charge < -0.3 is 23.7 Å². The van der Waals surface area contributed by atoms with E-state index in [-0.39, 0.29) is 24.7 Å². The Morgan fingerprint density at radius 3 is 2.78 bits per heavy atom. The van der Waals surface area contributed by atoms with Crippen LogP contribution >= 0.6 is 0 Å². The van der Waals surface area contributed by atoms with Crippen LogP contribution in [-0.2, 0) is 25.7 Å². The Morgan fingerprint density at radius 1 is 1.15 bits per heavy atom. The number of aromatic nitrogens is 1. The first-order valence-corrected chi connectivity index (χ1v) is 8.09. The van der Waals surface area contributed by atoms with E-state index in [1.807, 2.05) is 18.2 Å². The minimum Gasteiger partial charge on any atom is -0.470 e. The van der Waals surface area contributed by atoms with Crippen molar-refractivity contribution in [1.82, 2.24) is 5.16 Å². The summed E-state index contributed by atoms with van der Waals surface area (Å²) in [5.74, 6) is -0.241. The highest BCUT2D eigenvalue weighted by atomic mass is 16.5. The van der Waals surface area contributed by atoms with Crippen molar-refractivity contribution in [3.8, 4) is 11.5 Å². The molecule has 1 N–H and O–H groups in total. The zero-order chi connectivity index (χ0) is 18.6. The van der Waals surface area contributed by atoms with Gasteiger partial charge in [-0.2, -0.15) is 0 Å². The average Bonchev–Trinajstić information content (AvgIpc) is 3.42. The third-order valence-electron chi connectivity index (χ3n) is 3.76. The van der Waals surface area contributed by atoms with Gasteiger partial charge >= 0.3 is 5.97 Å². The molecule has 8 nitrogen and oxygen atoms in total. The summed E-state index contributed by atoms with van der Waals surface area (Å²) >= 11 is 0. The van der Waals surface area contributed by atoms with Crippen molar-refractivity contribution < 1.29 is 28.0 Å². The number of esters is 1. The smallest absolute Gasteiger partial charge is 0.347 e. The number of rotatable bonds is 6. The molecule has 0 saturated carbocycles. The van der Waals surface area contributed by atoms with Gasteiger partial charge in [0.05, 0.1) is 6.26 Å². The Labute approximate surface area is 153 Å². The van der Waals surface area contributed by atoms with Gasteiger partial charge in [0.25, 0.3) is 0 Å². The molecule has 136 valence electrons. The minimum absolute atomic E-state index is 0.0765. The van der Waals surface area contributed by atoms with Crippen LogP contribution < -0.4 is 5.32 Å². The fourth-order valence-electron chi connectivity index (χ4n) is 2.49. The molecule has 0 bridgehead atoms. The van der Waals surface area contributed by atoms with Crippen LogP contribution in [0.4, 0.5) is 5.69 Å². The highest BCUT2D eigenvalue weighted by Crippen LogP contribution is 2.23. The lowest BCUT2D eigenvalue weighted by Crippen LogP contribution is -2.16. The van der Waals surface area contributed by atoms with Crippen molar-refractivity contribution in [3.63, 3.8) is 0 Å². The van der Waals surface area contributed by atoms with Gasteiger partial charge in [-0.25, -0.2) is 4.79 Å². The normalized spacial score (nSPS) is 13.6. The molecule has 2 aromatic heterocycles. The summed E-state index contributed by atoms with van der Waals surface area (Å²) in [4.78, 5) is 24.4. The molecule has 0 amide bonds. The van der Waals surface area contributed by atoms with Gasteiger partial charge in [-0.3, -0.25) is 4.79 Å². The molecule has 1 aromatic carbocycles. The van der Waals surface area contributed by atoms with Gasteiger partial charge in [-0.05, 0) is 24.3 Å². The quantitative estimate of drug-likeness (QED) is 0.525. The summed E-state index contributed by atoms with van der Waals surface area (Å²) in [6.45, 7) is -0.370. The van der Waals surface area contributed by atoms with E-state index in [1.165, 1.54) is 6.26 Å². The van der Waals surface area contributed by atoms with Crippen molar-refractivity contribution in [1.29, 1.82) is 0 Å². The van der Waals surface area contributed by atoms with E-state index < -0.39 is 11.8 Å². The largest absolute Gasteiger partial charge is 0.470 e. The van der Waals surface area contributed by atoms with E-state index in [1.54, 1.807) is 30.3 Å². The fourth-order valence-corrected chi connectivity index (χ4v) is 2.49. The zero-order valence-electron chi connectivity index (χ0n) is 14.0. The molecule has 0 atom stereocenters. The number of hydrogen-bond acceptors (Lipinski definition) is 8. The maximum atomic E-state index is 12.4. The SMILES string of the molecule is O=C1COC(Nc2ccccc2)=C1C(=O)OCc1cc(-c2ccco2)on1. The number of anilines is 1. The van der Waals surface area contributed by atoms with E-state index in [4.69, 9.17) is 18.4 Å². The zero-order valence-corrected chi connectivity index (χ0v) is 14.0. The third kappa shape index (κ3) is 3.59. The summed E-state index contributed by atoms with van der Waals surface area (Å²) in [7, 11) is 0. The molecule has 3 heterocycles. The Hall–Kier alpha value is -3.81. The first-order chi connectivity index (χ1) is 13.2. The summed E-state index contributed by atoms with van der Waals surface area (Å²) in [6.07, 6.45) is 1.51.